The second-order valence-electron chi connectivity index (χ2n) is 14.7. The van der Waals surface area contributed by atoms with Crippen LogP contribution in [-0.4, -0.2) is 4.98 Å². The lowest BCUT2D eigenvalue weighted by Gasteiger charge is -2.28. The van der Waals surface area contributed by atoms with Gasteiger partial charge in [-0.3, -0.25) is 0 Å². The SMILES string of the molecule is c1ccc(-c2nc3c(-c4ccc(N(c5ccc(-c6cc7ccccc7c7ccccc67)cc5)c5ccccc5-c5ccccc5)cc4)cc4ccccc4c3o2)cc1. The number of aromatic nitrogens is 1. The summed E-state index contributed by atoms with van der Waals surface area (Å²) in [6.07, 6.45) is 0. The van der Waals surface area contributed by atoms with E-state index in [4.69, 9.17) is 9.40 Å². The monoisotopic (exact) mass is 740 g/mol. The van der Waals surface area contributed by atoms with Crippen LogP contribution in [0.1, 0.15) is 0 Å². The fraction of sp³-hybridized carbons (Fsp3) is 0. The fourth-order valence-corrected chi connectivity index (χ4v) is 8.49. The van der Waals surface area contributed by atoms with Gasteiger partial charge in [-0.05, 0) is 104 Å². The van der Waals surface area contributed by atoms with Gasteiger partial charge in [0, 0.05) is 33.5 Å². The van der Waals surface area contributed by atoms with Gasteiger partial charge in [0.2, 0.25) is 5.89 Å². The Kier molecular flexibility index (Phi) is 8.15. The number of anilines is 3. The molecule has 0 fully saturated rings. The zero-order valence-corrected chi connectivity index (χ0v) is 31.6. The van der Waals surface area contributed by atoms with Crippen molar-refractivity contribution in [3.63, 3.8) is 0 Å². The van der Waals surface area contributed by atoms with Crippen molar-refractivity contribution < 1.29 is 4.42 Å². The van der Waals surface area contributed by atoms with Crippen molar-refractivity contribution in [1.29, 1.82) is 0 Å². The van der Waals surface area contributed by atoms with Crippen molar-refractivity contribution in [2.45, 2.75) is 0 Å². The van der Waals surface area contributed by atoms with Gasteiger partial charge in [0.05, 0.1) is 5.69 Å². The van der Waals surface area contributed by atoms with Crippen LogP contribution >= 0.6 is 0 Å². The molecule has 10 aromatic carbocycles. The van der Waals surface area contributed by atoms with E-state index in [-0.39, 0.29) is 0 Å². The van der Waals surface area contributed by atoms with Gasteiger partial charge < -0.3 is 9.32 Å². The number of nitrogens with zero attached hydrogens (tertiary/aromatic N) is 2. The number of oxazole rings is 1. The van der Waals surface area contributed by atoms with Crippen molar-refractivity contribution >= 4 is 60.5 Å². The highest BCUT2D eigenvalue weighted by molar-refractivity contribution is 6.14. The smallest absolute Gasteiger partial charge is 0.227 e. The molecule has 0 unspecified atom stereocenters. The molecule has 58 heavy (non-hydrogen) atoms. The first-order chi connectivity index (χ1) is 28.8. The molecule has 0 bridgehead atoms. The summed E-state index contributed by atoms with van der Waals surface area (Å²) in [6.45, 7) is 0. The van der Waals surface area contributed by atoms with Gasteiger partial charge >= 0.3 is 0 Å². The Morgan fingerprint density at radius 1 is 0.345 bits per heavy atom. The van der Waals surface area contributed by atoms with Crippen LogP contribution in [0, 0.1) is 0 Å². The number of rotatable bonds is 7. The van der Waals surface area contributed by atoms with Crippen molar-refractivity contribution in [2.75, 3.05) is 4.90 Å². The average Bonchev–Trinajstić information content (AvgIpc) is 3.76. The number of hydrogen-bond acceptors (Lipinski definition) is 3. The maximum Gasteiger partial charge on any atom is 0.227 e. The highest BCUT2D eigenvalue weighted by Gasteiger charge is 2.20. The van der Waals surface area contributed by atoms with Crippen LogP contribution in [0.2, 0.25) is 0 Å². The summed E-state index contributed by atoms with van der Waals surface area (Å²) in [6, 6.07) is 77.7. The molecule has 0 radical (unpaired) electrons. The Balaban J connectivity index is 1.05. The Morgan fingerprint density at radius 3 is 1.52 bits per heavy atom. The molecular weight excluding hydrogens is 705 g/mol. The molecule has 11 aromatic rings. The van der Waals surface area contributed by atoms with Crippen LogP contribution in [0.3, 0.4) is 0 Å². The van der Waals surface area contributed by atoms with E-state index >= 15 is 0 Å². The quantitative estimate of drug-likeness (QED) is 0.152. The zero-order valence-electron chi connectivity index (χ0n) is 31.6. The summed E-state index contributed by atoms with van der Waals surface area (Å²) in [5, 5.41) is 7.20. The van der Waals surface area contributed by atoms with E-state index in [0.717, 1.165) is 66.8 Å². The largest absolute Gasteiger partial charge is 0.435 e. The number of benzene rings is 10. The third-order valence-corrected chi connectivity index (χ3v) is 11.3. The van der Waals surface area contributed by atoms with Crippen LogP contribution in [0.25, 0.3) is 88.3 Å². The van der Waals surface area contributed by atoms with Crippen LogP contribution in [0.5, 0.6) is 0 Å². The average molecular weight is 741 g/mol. The third kappa shape index (κ3) is 5.80. The molecule has 0 saturated carbocycles. The molecule has 3 nitrogen and oxygen atoms in total. The molecule has 0 N–H and O–H groups in total. The summed E-state index contributed by atoms with van der Waals surface area (Å²) < 4.78 is 6.53. The summed E-state index contributed by atoms with van der Waals surface area (Å²) in [7, 11) is 0. The molecule has 0 atom stereocenters. The second kappa shape index (κ2) is 14.1. The minimum absolute atomic E-state index is 0.619. The van der Waals surface area contributed by atoms with Crippen molar-refractivity contribution in [3.8, 4) is 44.8 Å². The molecule has 0 spiro atoms. The van der Waals surface area contributed by atoms with Gasteiger partial charge in [0.1, 0.15) is 5.52 Å². The summed E-state index contributed by atoms with van der Waals surface area (Å²) in [4.78, 5) is 7.47. The molecule has 0 amide bonds. The van der Waals surface area contributed by atoms with Crippen molar-refractivity contribution in [3.05, 3.63) is 218 Å². The van der Waals surface area contributed by atoms with Gasteiger partial charge in [-0.2, -0.15) is 0 Å². The predicted molar refractivity (Wildman–Crippen MR) is 243 cm³/mol. The predicted octanol–water partition coefficient (Wildman–Crippen LogP) is 15.4. The van der Waals surface area contributed by atoms with E-state index in [1.807, 2.05) is 30.3 Å². The minimum Gasteiger partial charge on any atom is -0.435 e. The maximum absolute atomic E-state index is 6.53. The molecule has 3 heteroatoms. The van der Waals surface area contributed by atoms with Gasteiger partial charge in [0.25, 0.3) is 0 Å². The summed E-state index contributed by atoms with van der Waals surface area (Å²) in [5.41, 5.74) is 12.7. The number of para-hydroxylation sites is 1. The molecule has 272 valence electrons. The summed E-state index contributed by atoms with van der Waals surface area (Å²) in [5.74, 6) is 0.619. The van der Waals surface area contributed by atoms with Crippen molar-refractivity contribution in [1.82, 2.24) is 4.98 Å². The first-order valence-electron chi connectivity index (χ1n) is 19.7. The highest BCUT2D eigenvalue weighted by atomic mass is 16.3. The molecule has 0 saturated heterocycles. The second-order valence-corrected chi connectivity index (χ2v) is 14.7. The Bertz CT molecular complexity index is 3260. The normalized spacial score (nSPS) is 11.4. The maximum atomic E-state index is 6.53. The van der Waals surface area contributed by atoms with E-state index in [2.05, 4.69) is 193 Å². The van der Waals surface area contributed by atoms with E-state index in [9.17, 15) is 0 Å². The van der Waals surface area contributed by atoms with E-state index in [1.54, 1.807) is 0 Å². The van der Waals surface area contributed by atoms with Crippen LogP contribution in [-0.2, 0) is 0 Å². The van der Waals surface area contributed by atoms with Gasteiger partial charge in [-0.1, -0.05) is 164 Å². The summed E-state index contributed by atoms with van der Waals surface area (Å²) >= 11 is 0. The Hall–Kier alpha value is -7.75. The molecule has 0 aliphatic rings. The number of fused-ring (bicyclic) bond motifs is 6. The lowest BCUT2D eigenvalue weighted by atomic mass is 9.93. The van der Waals surface area contributed by atoms with E-state index in [0.29, 0.717) is 5.89 Å². The topological polar surface area (TPSA) is 29.3 Å². The fourth-order valence-electron chi connectivity index (χ4n) is 8.49. The van der Waals surface area contributed by atoms with E-state index < -0.39 is 0 Å². The first-order valence-corrected chi connectivity index (χ1v) is 19.7. The lowest BCUT2D eigenvalue weighted by molar-refractivity contribution is 0.623. The Morgan fingerprint density at radius 2 is 0.828 bits per heavy atom. The van der Waals surface area contributed by atoms with Crippen LogP contribution in [0.15, 0.2) is 223 Å². The third-order valence-electron chi connectivity index (χ3n) is 11.3. The number of hydrogen-bond donors (Lipinski definition) is 0. The van der Waals surface area contributed by atoms with Crippen LogP contribution < -0.4 is 4.90 Å². The molecule has 1 aromatic heterocycles. The molecular formula is C55H36N2O. The molecule has 0 aliphatic carbocycles. The molecule has 0 aliphatic heterocycles. The van der Waals surface area contributed by atoms with Gasteiger partial charge in [0.15, 0.2) is 5.58 Å². The van der Waals surface area contributed by atoms with E-state index in [1.165, 1.54) is 32.7 Å². The molecule has 1 heterocycles. The first kappa shape index (κ1) is 33.6. The lowest BCUT2D eigenvalue weighted by Crippen LogP contribution is -2.11. The van der Waals surface area contributed by atoms with Gasteiger partial charge in [-0.25, -0.2) is 4.98 Å². The zero-order chi connectivity index (χ0) is 38.4. The van der Waals surface area contributed by atoms with Gasteiger partial charge in [-0.15, -0.1) is 0 Å². The molecule has 11 rings (SSSR count). The standard InChI is InChI=1S/C55H36N2O/c1-3-15-37(16-4-1)46-22-13-14-26-52(46)57(43-31-27-38(28-32-43)50-35-41-19-7-9-21-45(41)48-24-11-12-25-49(48)50)44-33-29-39(30-34-44)51-36-42-20-8-10-23-47(42)54-53(51)56-55(58-54)40-17-5-2-6-18-40/h1-36H. The van der Waals surface area contributed by atoms with Crippen molar-refractivity contribution in [2.24, 2.45) is 0 Å². The Labute approximate surface area is 336 Å². The van der Waals surface area contributed by atoms with Crippen LogP contribution in [0.4, 0.5) is 17.1 Å². The highest BCUT2D eigenvalue weighted by Crippen LogP contribution is 2.44. The minimum atomic E-state index is 0.619.